The molecular formula is C19H23F2N3O3. The Labute approximate surface area is 155 Å². The van der Waals surface area contributed by atoms with Crippen LogP contribution in [0.4, 0.5) is 13.6 Å². The Balaban J connectivity index is 2.07. The molecule has 0 radical (unpaired) electrons. The SMILES string of the molecule is CCC(C)(O)c1cnc2n1C[C@H](c1cccc(F)c1F)CC[C@H]2NC(=O)O. The quantitative estimate of drug-likeness (QED) is 0.756. The number of carboxylic acid groups (broad SMARTS) is 1. The summed E-state index contributed by atoms with van der Waals surface area (Å²) in [4.78, 5) is 15.5. The Hall–Kier alpha value is -2.48. The van der Waals surface area contributed by atoms with Crippen molar-refractivity contribution >= 4 is 6.09 Å². The highest BCUT2D eigenvalue weighted by atomic mass is 19.2. The minimum absolute atomic E-state index is 0.243. The van der Waals surface area contributed by atoms with Crippen LogP contribution in [0.15, 0.2) is 24.4 Å². The van der Waals surface area contributed by atoms with E-state index in [-0.39, 0.29) is 18.0 Å². The van der Waals surface area contributed by atoms with Gasteiger partial charge in [-0.1, -0.05) is 19.1 Å². The fraction of sp³-hybridized carbons (Fsp3) is 0.474. The molecule has 0 fully saturated rings. The predicted molar refractivity (Wildman–Crippen MR) is 94.3 cm³/mol. The normalized spacial score (nSPS) is 21.8. The lowest BCUT2D eigenvalue weighted by molar-refractivity contribution is 0.0441. The Morgan fingerprint density at radius 1 is 1.41 bits per heavy atom. The summed E-state index contributed by atoms with van der Waals surface area (Å²) in [5, 5.41) is 22.3. The molecule has 6 nitrogen and oxygen atoms in total. The number of nitrogens with zero attached hydrogens (tertiary/aromatic N) is 2. The van der Waals surface area contributed by atoms with Crippen LogP contribution in [0.2, 0.25) is 0 Å². The minimum Gasteiger partial charge on any atom is -0.465 e. The average Bonchev–Trinajstić information content (AvgIpc) is 2.96. The molecule has 2 heterocycles. The van der Waals surface area contributed by atoms with Crippen LogP contribution >= 0.6 is 0 Å². The predicted octanol–water partition coefficient (Wildman–Crippen LogP) is 3.67. The number of halogens is 2. The molecule has 0 saturated heterocycles. The van der Waals surface area contributed by atoms with Crippen LogP contribution in [0.25, 0.3) is 0 Å². The number of rotatable bonds is 4. The molecule has 0 saturated carbocycles. The van der Waals surface area contributed by atoms with E-state index in [0.29, 0.717) is 30.8 Å². The molecule has 1 aliphatic rings. The van der Waals surface area contributed by atoms with Crippen molar-refractivity contribution in [3.8, 4) is 0 Å². The summed E-state index contributed by atoms with van der Waals surface area (Å²) in [6.45, 7) is 3.76. The standard InChI is InChI=1S/C19H23F2N3O3/c1-3-19(2,27)15-9-22-17-14(23-18(25)26)8-7-11(10-24(15)17)12-5-4-6-13(20)16(12)21/h4-6,9,11,14,23,27H,3,7-8,10H2,1-2H3,(H,25,26)/t11-,14-,19?/m1/s1. The summed E-state index contributed by atoms with van der Waals surface area (Å²) in [7, 11) is 0. The van der Waals surface area contributed by atoms with E-state index in [9.17, 15) is 18.7 Å². The van der Waals surface area contributed by atoms with E-state index >= 15 is 0 Å². The van der Waals surface area contributed by atoms with Gasteiger partial charge < -0.3 is 20.1 Å². The van der Waals surface area contributed by atoms with Crippen molar-refractivity contribution in [3.63, 3.8) is 0 Å². The van der Waals surface area contributed by atoms with E-state index in [4.69, 9.17) is 5.11 Å². The molecule has 3 atom stereocenters. The molecule has 8 heteroatoms. The van der Waals surface area contributed by atoms with Crippen LogP contribution in [-0.4, -0.2) is 25.9 Å². The zero-order chi connectivity index (χ0) is 19.8. The fourth-order valence-corrected chi connectivity index (χ4v) is 3.65. The number of nitrogens with one attached hydrogen (secondary N) is 1. The molecule has 1 unspecified atom stereocenters. The molecule has 3 N–H and O–H groups in total. The molecule has 1 amide bonds. The number of fused-ring (bicyclic) bond motifs is 1. The van der Waals surface area contributed by atoms with Crippen LogP contribution in [0.1, 0.15) is 62.2 Å². The Kier molecular flexibility index (Phi) is 5.19. The maximum Gasteiger partial charge on any atom is 0.405 e. The minimum atomic E-state index is -1.19. The van der Waals surface area contributed by atoms with Gasteiger partial charge in [0.15, 0.2) is 11.6 Å². The van der Waals surface area contributed by atoms with E-state index in [1.54, 1.807) is 17.6 Å². The zero-order valence-electron chi connectivity index (χ0n) is 15.2. The molecule has 1 aromatic carbocycles. The largest absolute Gasteiger partial charge is 0.465 e. The van der Waals surface area contributed by atoms with Crippen molar-refractivity contribution in [2.45, 2.75) is 57.2 Å². The number of carbonyl (C=O) groups is 1. The molecule has 27 heavy (non-hydrogen) atoms. The Morgan fingerprint density at radius 3 is 2.81 bits per heavy atom. The van der Waals surface area contributed by atoms with E-state index in [2.05, 4.69) is 10.3 Å². The Morgan fingerprint density at radius 2 is 2.15 bits per heavy atom. The maximum absolute atomic E-state index is 14.4. The first kappa shape index (κ1) is 19.3. The van der Waals surface area contributed by atoms with E-state index in [0.717, 1.165) is 6.07 Å². The molecule has 0 aliphatic carbocycles. The third kappa shape index (κ3) is 3.66. The second-order valence-corrected chi connectivity index (χ2v) is 7.16. The second-order valence-electron chi connectivity index (χ2n) is 7.16. The zero-order valence-corrected chi connectivity index (χ0v) is 15.2. The fourth-order valence-electron chi connectivity index (χ4n) is 3.65. The highest BCUT2D eigenvalue weighted by molar-refractivity contribution is 5.65. The Bertz CT molecular complexity index is 851. The lowest BCUT2D eigenvalue weighted by atomic mass is 9.92. The molecule has 0 spiro atoms. The van der Waals surface area contributed by atoms with E-state index in [1.165, 1.54) is 12.3 Å². The topological polar surface area (TPSA) is 87.4 Å². The van der Waals surface area contributed by atoms with Crippen molar-refractivity contribution in [1.82, 2.24) is 14.9 Å². The van der Waals surface area contributed by atoms with Crippen LogP contribution in [0, 0.1) is 11.6 Å². The average molecular weight is 379 g/mol. The van der Waals surface area contributed by atoms with Gasteiger partial charge in [-0.15, -0.1) is 0 Å². The van der Waals surface area contributed by atoms with Gasteiger partial charge in [0.2, 0.25) is 0 Å². The van der Waals surface area contributed by atoms with Crippen molar-refractivity contribution in [2.75, 3.05) is 0 Å². The third-order valence-electron chi connectivity index (χ3n) is 5.36. The van der Waals surface area contributed by atoms with E-state index < -0.39 is 29.4 Å². The third-order valence-corrected chi connectivity index (χ3v) is 5.36. The first-order valence-corrected chi connectivity index (χ1v) is 8.96. The smallest absolute Gasteiger partial charge is 0.405 e. The highest BCUT2D eigenvalue weighted by Gasteiger charge is 2.34. The number of hydrogen-bond acceptors (Lipinski definition) is 3. The molecule has 2 aromatic rings. The van der Waals surface area contributed by atoms with Gasteiger partial charge in [0.05, 0.1) is 17.9 Å². The molecule has 146 valence electrons. The maximum atomic E-state index is 14.4. The summed E-state index contributed by atoms with van der Waals surface area (Å²) >= 11 is 0. The summed E-state index contributed by atoms with van der Waals surface area (Å²) in [6.07, 6.45) is 1.60. The number of amides is 1. The van der Waals surface area contributed by atoms with Gasteiger partial charge in [-0.05, 0) is 37.8 Å². The number of aliphatic hydroxyl groups is 1. The summed E-state index contributed by atoms with van der Waals surface area (Å²) in [5.41, 5.74) is -0.400. The van der Waals surface area contributed by atoms with Crippen LogP contribution < -0.4 is 5.32 Å². The lowest BCUT2D eigenvalue weighted by Gasteiger charge is -2.25. The first-order valence-electron chi connectivity index (χ1n) is 8.96. The van der Waals surface area contributed by atoms with Crippen LogP contribution in [-0.2, 0) is 12.1 Å². The number of imidazole rings is 1. The first-order chi connectivity index (χ1) is 12.7. The van der Waals surface area contributed by atoms with Crippen molar-refractivity contribution in [3.05, 3.63) is 53.1 Å². The summed E-state index contributed by atoms with van der Waals surface area (Å²) in [6, 6.07) is 3.48. The van der Waals surface area contributed by atoms with Gasteiger partial charge in [-0.25, -0.2) is 18.6 Å². The van der Waals surface area contributed by atoms with Crippen molar-refractivity contribution < 1.29 is 23.8 Å². The molecule has 0 bridgehead atoms. The van der Waals surface area contributed by atoms with Crippen molar-refractivity contribution in [2.24, 2.45) is 0 Å². The van der Waals surface area contributed by atoms with Crippen LogP contribution in [0.3, 0.4) is 0 Å². The van der Waals surface area contributed by atoms with Gasteiger partial charge >= 0.3 is 6.09 Å². The van der Waals surface area contributed by atoms with Crippen LogP contribution in [0.5, 0.6) is 0 Å². The van der Waals surface area contributed by atoms with Gasteiger partial charge in [0.1, 0.15) is 11.4 Å². The molecule has 3 rings (SSSR count). The molecule has 1 aromatic heterocycles. The van der Waals surface area contributed by atoms with Gasteiger partial charge in [-0.2, -0.15) is 0 Å². The second kappa shape index (κ2) is 7.26. The summed E-state index contributed by atoms with van der Waals surface area (Å²) < 4.78 is 29.8. The van der Waals surface area contributed by atoms with E-state index in [1.807, 2.05) is 6.92 Å². The van der Waals surface area contributed by atoms with Gasteiger partial charge in [0, 0.05) is 12.5 Å². The lowest BCUT2D eigenvalue weighted by Crippen LogP contribution is -2.30. The highest BCUT2D eigenvalue weighted by Crippen LogP contribution is 2.37. The number of benzene rings is 1. The molecule has 1 aliphatic heterocycles. The van der Waals surface area contributed by atoms with Gasteiger partial charge in [0.25, 0.3) is 0 Å². The van der Waals surface area contributed by atoms with Gasteiger partial charge in [-0.3, -0.25) is 0 Å². The number of hydrogen-bond donors (Lipinski definition) is 3. The van der Waals surface area contributed by atoms with Crippen molar-refractivity contribution in [1.29, 1.82) is 0 Å². The summed E-state index contributed by atoms with van der Waals surface area (Å²) in [5.74, 6) is -1.71. The molecular weight excluding hydrogens is 356 g/mol. The monoisotopic (exact) mass is 379 g/mol. The number of aromatic nitrogens is 2.